The van der Waals surface area contributed by atoms with Crippen LogP contribution in [0.15, 0.2) is 53.0 Å². The summed E-state index contributed by atoms with van der Waals surface area (Å²) in [4.78, 5) is 3.47. The average molecular weight is 343 g/mol. The van der Waals surface area contributed by atoms with Crippen molar-refractivity contribution < 1.29 is 0 Å². The van der Waals surface area contributed by atoms with E-state index in [-0.39, 0.29) is 0 Å². The van der Waals surface area contributed by atoms with E-state index in [9.17, 15) is 0 Å². The van der Waals surface area contributed by atoms with E-state index in [1.807, 2.05) is 6.07 Å². The third-order valence-electron chi connectivity index (χ3n) is 4.06. The maximum atomic E-state index is 6.09. The summed E-state index contributed by atoms with van der Waals surface area (Å²) in [7, 11) is 0. The molecule has 1 aromatic heterocycles. The fraction of sp³-hybridized carbons (Fsp3) is 0.222. The van der Waals surface area contributed by atoms with Crippen molar-refractivity contribution in [2.75, 3.05) is 6.54 Å². The summed E-state index contributed by atoms with van der Waals surface area (Å²) in [6, 6.07) is 16.8. The maximum Gasteiger partial charge on any atom is 0.0458 e. The molecule has 2 nitrogen and oxygen atoms in total. The summed E-state index contributed by atoms with van der Waals surface area (Å²) >= 11 is 3.64. The molecule has 108 valence electrons. The second-order valence-electron chi connectivity index (χ2n) is 5.44. The number of rotatable bonds is 4. The van der Waals surface area contributed by atoms with Crippen LogP contribution in [-0.2, 0) is 6.42 Å². The molecule has 2 aromatic carbocycles. The second-order valence-corrected chi connectivity index (χ2v) is 6.29. The van der Waals surface area contributed by atoms with Crippen LogP contribution in [0.1, 0.15) is 22.7 Å². The first-order chi connectivity index (χ1) is 10.2. The van der Waals surface area contributed by atoms with E-state index in [1.54, 1.807) is 0 Å². The van der Waals surface area contributed by atoms with Crippen molar-refractivity contribution in [2.45, 2.75) is 19.3 Å². The Bertz CT molecular complexity index is 761. The number of fused-ring (bicyclic) bond motifs is 1. The third kappa shape index (κ3) is 2.76. The lowest BCUT2D eigenvalue weighted by Crippen LogP contribution is -2.16. The van der Waals surface area contributed by atoms with E-state index in [0.29, 0.717) is 12.5 Å². The molecule has 0 saturated heterocycles. The van der Waals surface area contributed by atoms with Gasteiger partial charge in [0.05, 0.1) is 0 Å². The highest BCUT2D eigenvalue weighted by molar-refractivity contribution is 9.10. The molecule has 0 radical (unpaired) electrons. The van der Waals surface area contributed by atoms with E-state index >= 15 is 0 Å². The van der Waals surface area contributed by atoms with Crippen LogP contribution in [-0.4, -0.2) is 11.5 Å². The minimum Gasteiger partial charge on any atom is -0.358 e. The lowest BCUT2D eigenvalue weighted by molar-refractivity contribution is 0.693. The largest absolute Gasteiger partial charge is 0.358 e. The van der Waals surface area contributed by atoms with Gasteiger partial charge in [-0.1, -0.05) is 52.3 Å². The number of hydrogen-bond acceptors (Lipinski definition) is 1. The number of hydrogen-bond donors (Lipinski definition) is 2. The number of nitrogens with one attached hydrogen (secondary N) is 1. The van der Waals surface area contributed by atoms with Gasteiger partial charge in [-0.3, -0.25) is 0 Å². The maximum absolute atomic E-state index is 6.09. The topological polar surface area (TPSA) is 41.8 Å². The van der Waals surface area contributed by atoms with Gasteiger partial charge in [0.1, 0.15) is 0 Å². The van der Waals surface area contributed by atoms with Gasteiger partial charge in [0, 0.05) is 27.0 Å². The molecule has 0 spiro atoms. The number of H-pyrrole nitrogens is 1. The summed E-state index contributed by atoms with van der Waals surface area (Å²) in [5.41, 5.74) is 11.2. The molecule has 1 heterocycles. The Labute approximate surface area is 133 Å². The Kier molecular flexibility index (Phi) is 4.13. The molecule has 1 atom stereocenters. The SMILES string of the molecule is Cc1[nH]c2ccccc2c1C(CN)Cc1ccccc1Br. The number of para-hydroxylation sites is 1. The molecule has 0 aliphatic heterocycles. The van der Waals surface area contributed by atoms with E-state index in [0.717, 1.165) is 10.9 Å². The minimum absolute atomic E-state index is 0.319. The number of aromatic nitrogens is 1. The van der Waals surface area contributed by atoms with Crippen molar-refractivity contribution in [2.24, 2.45) is 5.73 Å². The first-order valence-corrected chi connectivity index (χ1v) is 8.00. The van der Waals surface area contributed by atoms with Crippen LogP contribution in [0.5, 0.6) is 0 Å². The van der Waals surface area contributed by atoms with Gasteiger partial charge in [-0.15, -0.1) is 0 Å². The zero-order valence-electron chi connectivity index (χ0n) is 12.1. The van der Waals surface area contributed by atoms with Gasteiger partial charge in [0.2, 0.25) is 0 Å². The molecule has 1 unspecified atom stereocenters. The zero-order valence-corrected chi connectivity index (χ0v) is 13.7. The summed E-state index contributed by atoms with van der Waals surface area (Å²) in [5.74, 6) is 0.319. The molecule has 0 amide bonds. The molecular weight excluding hydrogens is 324 g/mol. The minimum atomic E-state index is 0.319. The van der Waals surface area contributed by atoms with Crippen LogP contribution < -0.4 is 5.73 Å². The molecule has 0 saturated carbocycles. The standard InChI is InChI=1S/C18H19BrN2/c1-12-18(15-7-3-5-9-17(15)21-12)14(11-20)10-13-6-2-4-8-16(13)19/h2-9,14,21H,10-11,20H2,1H3. The predicted octanol–water partition coefficient (Wildman–Crippen LogP) is 4.52. The van der Waals surface area contributed by atoms with Crippen molar-refractivity contribution in [1.82, 2.24) is 4.98 Å². The molecule has 0 aliphatic rings. The van der Waals surface area contributed by atoms with Crippen molar-refractivity contribution in [1.29, 1.82) is 0 Å². The molecule has 0 fully saturated rings. The number of aryl methyl sites for hydroxylation is 1. The van der Waals surface area contributed by atoms with Crippen LogP contribution in [0.2, 0.25) is 0 Å². The van der Waals surface area contributed by atoms with Crippen molar-refractivity contribution >= 4 is 26.8 Å². The van der Waals surface area contributed by atoms with Gasteiger partial charge in [0.15, 0.2) is 0 Å². The summed E-state index contributed by atoms with van der Waals surface area (Å²) in [6.45, 7) is 2.78. The third-order valence-corrected chi connectivity index (χ3v) is 4.83. The molecule has 3 aromatic rings. The predicted molar refractivity (Wildman–Crippen MR) is 92.7 cm³/mol. The quantitative estimate of drug-likeness (QED) is 0.718. The lowest BCUT2D eigenvalue weighted by Gasteiger charge is -2.17. The Morgan fingerprint density at radius 1 is 1.10 bits per heavy atom. The number of nitrogens with two attached hydrogens (primary N) is 1. The molecule has 21 heavy (non-hydrogen) atoms. The van der Waals surface area contributed by atoms with Crippen LogP contribution in [0, 0.1) is 6.92 Å². The van der Waals surface area contributed by atoms with E-state index in [4.69, 9.17) is 5.73 Å². The molecule has 0 bridgehead atoms. The van der Waals surface area contributed by atoms with Crippen molar-refractivity contribution in [3.63, 3.8) is 0 Å². The lowest BCUT2D eigenvalue weighted by atomic mass is 9.90. The summed E-state index contributed by atoms with van der Waals surface area (Å²) in [5, 5.41) is 1.29. The van der Waals surface area contributed by atoms with Crippen molar-refractivity contribution in [3.05, 3.63) is 69.8 Å². The molecule has 3 N–H and O–H groups in total. The van der Waals surface area contributed by atoms with Crippen molar-refractivity contribution in [3.8, 4) is 0 Å². The van der Waals surface area contributed by atoms with Crippen LogP contribution in [0.3, 0.4) is 0 Å². The van der Waals surface area contributed by atoms with E-state index in [2.05, 4.69) is 70.3 Å². The van der Waals surface area contributed by atoms with Crippen LogP contribution in [0.4, 0.5) is 0 Å². The number of aromatic amines is 1. The highest BCUT2D eigenvalue weighted by Crippen LogP contribution is 2.32. The smallest absolute Gasteiger partial charge is 0.0458 e. The summed E-state index contributed by atoms with van der Waals surface area (Å²) in [6.07, 6.45) is 0.945. The molecular formula is C18H19BrN2. The Balaban J connectivity index is 2.03. The van der Waals surface area contributed by atoms with Gasteiger partial charge in [-0.05, 0) is 43.1 Å². The first-order valence-electron chi connectivity index (χ1n) is 7.21. The fourth-order valence-electron chi connectivity index (χ4n) is 3.06. The monoisotopic (exact) mass is 342 g/mol. The van der Waals surface area contributed by atoms with Gasteiger partial charge in [0.25, 0.3) is 0 Å². The second kappa shape index (κ2) is 6.04. The first kappa shape index (κ1) is 14.4. The molecule has 3 heteroatoms. The van der Waals surface area contributed by atoms with E-state index in [1.165, 1.54) is 27.7 Å². The summed E-state index contributed by atoms with van der Waals surface area (Å²) < 4.78 is 1.15. The number of halogens is 1. The fourth-order valence-corrected chi connectivity index (χ4v) is 3.50. The van der Waals surface area contributed by atoms with Gasteiger partial charge in [-0.2, -0.15) is 0 Å². The Morgan fingerprint density at radius 2 is 1.81 bits per heavy atom. The van der Waals surface area contributed by atoms with Crippen LogP contribution >= 0.6 is 15.9 Å². The zero-order chi connectivity index (χ0) is 14.8. The van der Waals surface area contributed by atoms with Gasteiger partial charge in [-0.25, -0.2) is 0 Å². The van der Waals surface area contributed by atoms with E-state index < -0.39 is 0 Å². The molecule has 3 rings (SSSR count). The van der Waals surface area contributed by atoms with Gasteiger partial charge >= 0.3 is 0 Å². The highest BCUT2D eigenvalue weighted by atomic mass is 79.9. The average Bonchev–Trinajstić information content (AvgIpc) is 2.82. The Hall–Kier alpha value is -1.58. The normalized spacial score (nSPS) is 12.7. The highest BCUT2D eigenvalue weighted by Gasteiger charge is 2.18. The van der Waals surface area contributed by atoms with Gasteiger partial charge < -0.3 is 10.7 Å². The number of benzene rings is 2. The molecule has 0 aliphatic carbocycles. The Morgan fingerprint density at radius 3 is 2.57 bits per heavy atom. The van der Waals surface area contributed by atoms with Crippen LogP contribution in [0.25, 0.3) is 10.9 Å².